The quantitative estimate of drug-likeness (QED) is 0.142. The molecule has 0 aromatic heterocycles. The van der Waals surface area contributed by atoms with Crippen molar-refractivity contribution in [1.82, 2.24) is 0 Å². The first kappa shape index (κ1) is 34.7. The summed E-state index contributed by atoms with van der Waals surface area (Å²) in [4.78, 5) is 38.1. The zero-order valence-electron chi connectivity index (χ0n) is 25.4. The molecule has 0 aliphatic heterocycles. The summed E-state index contributed by atoms with van der Waals surface area (Å²) in [6, 6.07) is 0. The van der Waals surface area contributed by atoms with Crippen molar-refractivity contribution < 1.29 is 29.7 Å². The number of aromatic carboxylic acids is 3. The third-order valence-electron chi connectivity index (χ3n) is 8.58. The van der Waals surface area contributed by atoms with Crippen LogP contribution in [0.15, 0.2) is 0 Å². The maximum atomic E-state index is 12.8. The van der Waals surface area contributed by atoms with Gasteiger partial charge < -0.3 is 15.3 Å². The lowest BCUT2D eigenvalue weighted by atomic mass is 9.75. The molecule has 1 aromatic rings. The molecule has 222 valence electrons. The van der Waals surface area contributed by atoms with Crippen molar-refractivity contribution in [3.05, 3.63) is 33.4 Å². The van der Waals surface area contributed by atoms with Gasteiger partial charge in [0, 0.05) is 0 Å². The number of unbranched alkanes of at least 4 members (excludes halogenated alkanes) is 3. The van der Waals surface area contributed by atoms with Crippen molar-refractivity contribution in [1.29, 1.82) is 0 Å². The number of carboxylic acids is 3. The molecule has 0 saturated heterocycles. The molecule has 3 atom stereocenters. The van der Waals surface area contributed by atoms with Gasteiger partial charge in [-0.3, -0.25) is 0 Å². The Morgan fingerprint density at radius 3 is 1.00 bits per heavy atom. The number of carbonyl (C=O) groups is 3. The molecule has 3 unspecified atom stereocenters. The molecule has 6 nitrogen and oxygen atoms in total. The van der Waals surface area contributed by atoms with Gasteiger partial charge >= 0.3 is 17.9 Å². The van der Waals surface area contributed by atoms with E-state index in [0.717, 1.165) is 82.6 Å². The third-order valence-corrected chi connectivity index (χ3v) is 8.58. The molecule has 1 rings (SSSR count). The Hall–Kier alpha value is -2.37. The van der Waals surface area contributed by atoms with Crippen LogP contribution >= 0.6 is 0 Å². The van der Waals surface area contributed by atoms with Crippen LogP contribution < -0.4 is 0 Å². The van der Waals surface area contributed by atoms with Crippen molar-refractivity contribution in [3.63, 3.8) is 0 Å². The number of benzene rings is 1. The number of carboxylic acid groups (broad SMARTS) is 3. The van der Waals surface area contributed by atoms with Crippen LogP contribution in [0.3, 0.4) is 0 Å². The first-order chi connectivity index (χ1) is 18.6. The van der Waals surface area contributed by atoms with Crippen LogP contribution in [0.2, 0.25) is 0 Å². The zero-order chi connectivity index (χ0) is 29.5. The molecule has 0 amide bonds. The summed E-state index contributed by atoms with van der Waals surface area (Å²) in [5.74, 6) is -3.45. The van der Waals surface area contributed by atoms with Gasteiger partial charge in [0.05, 0.1) is 16.7 Å². The number of hydrogen-bond acceptors (Lipinski definition) is 3. The van der Waals surface area contributed by atoms with Crippen molar-refractivity contribution >= 4 is 17.9 Å². The lowest BCUT2D eigenvalue weighted by Crippen LogP contribution is -2.26. The van der Waals surface area contributed by atoms with E-state index in [1.54, 1.807) is 0 Å². The highest BCUT2D eigenvalue weighted by molar-refractivity contribution is 6.11. The van der Waals surface area contributed by atoms with Crippen LogP contribution in [0, 0.1) is 17.8 Å². The zero-order valence-corrected chi connectivity index (χ0v) is 25.4. The summed E-state index contributed by atoms with van der Waals surface area (Å²) >= 11 is 0. The Bertz CT molecular complexity index is 878. The van der Waals surface area contributed by atoms with Crippen LogP contribution in [0.1, 0.15) is 166 Å². The molecule has 0 heterocycles. The summed E-state index contributed by atoms with van der Waals surface area (Å²) in [7, 11) is 0. The van der Waals surface area contributed by atoms with E-state index < -0.39 is 23.5 Å². The second kappa shape index (κ2) is 18.1. The van der Waals surface area contributed by atoms with Gasteiger partial charge in [-0.05, 0) is 53.7 Å². The fourth-order valence-corrected chi connectivity index (χ4v) is 5.99. The minimum Gasteiger partial charge on any atom is -0.478 e. The van der Waals surface area contributed by atoms with E-state index in [9.17, 15) is 29.7 Å². The van der Waals surface area contributed by atoms with Crippen molar-refractivity contribution in [2.45, 2.75) is 138 Å². The van der Waals surface area contributed by atoms with Crippen molar-refractivity contribution in [2.24, 2.45) is 17.8 Å². The molecular formula is C33H54O6. The van der Waals surface area contributed by atoms with Gasteiger partial charge in [-0.15, -0.1) is 0 Å². The van der Waals surface area contributed by atoms with Crippen molar-refractivity contribution in [3.8, 4) is 0 Å². The van der Waals surface area contributed by atoms with Gasteiger partial charge in [0.15, 0.2) is 0 Å². The van der Waals surface area contributed by atoms with Gasteiger partial charge in [0.1, 0.15) is 0 Å². The summed E-state index contributed by atoms with van der Waals surface area (Å²) < 4.78 is 0. The second-order valence-electron chi connectivity index (χ2n) is 11.3. The van der Waals surface area contributed by atoms with E-state index in [0.29, 0.717) is 30.4 Å². The van der Waals surface area contributed by atoms with Crippen LogP contribution in [-0.2, 0) is 19.3 Å². The number of hydrogen-bond donors (Lipinski definition) is 3. The Kier molecular flexibility index (Phi) is 16.1. The minimum atomic E-state index is -1.47. The van der Waals surface area contributed by atoms with Crippen LogP contribution in [-0.4, -0.2) is 33.2 Å². The molecule has 3 N–H and O–H groups in total. The van der Waals surface area contributed by atoms with E-state index in [2.05, 4.69) is 41.5 Å². The van der Waals surface area contributed by atoms with Gasteiger partial charge in [-0.1, -0.05) is 119 Å². The molecule has 39 heavy (non-hydrogen) atoms. The van der Waals surface area contributed by atoms with Gasteiger partial charge in [-0.25, -0.2) is 14.4 Å². The summed E-state index contributed by atoms with van der Waals surface area (Å²) in [6.45, 7) is 12.7. The first-order valence-electron chi connectivity index (χ1n) is 15.5. The normalized spacial score (nSPS) is 13.7. The van der Waals surface area contributed by atoms with Crippen LogP contribution in [0.4, 0.5) is 0 Å². The molecule has 0 aliphatic carbocycles. The van der Waals surface area contributed by atoms with Crippen molar-refractivity contribution in [2.75, 3.05) is 0 Å². The molecule has 0 bridgehead atoms. The Morgan fingerprint density at radius 1 is 0.487 bits per heavy atom. The largest absolute Gasteiger partial charge is 0.478 e. The monoisotopic (exact) mass is 546 g/mol. The summed E-state index contributed by atoms with van der Waals surface area (Å²) in [6.07, 6.45) is 13.2. The molecule has 0 fully saturated rings. The SMILES string of the molecule is CCCCC(CC)Cc1c(CC(CC)CCCC)c(C(=O)O)c(C(=O)O)c(C(=O)O)c1CC(CC)CCCC. The van der Waals surface area contributed by atoms with E-state index >= 15 is 0 Å². The predicted octanol–water partition coefficient (Wildman–Crippen LogP) is 9.06. The van der Waals surface area contributed by atoms with Gasteiger partial charge in [0.2, 0.25) is 0 Å². The van der Waals surface area contributed by atoms with E-state index in [-0.39, 0.29) is 28.9 Å². The molecular weight excluding hydrogens is 492 g/mol. The highest BCUT2D eigenvalue weighted by Crippen LogP contribution is 2.37. The summed E-state index contributed by atoms with van der Waals surface area (Å²) in [5.41, 5.74) is 0.802. The van der Waals surface area contributed by atoms with E-state index in [1.807, 2.05) is 0 Å². The molecule has 1 aromatic carbocycles. The summed E-state index contributed by atoms with van der Waals surface area (Å²) in [5, 5.41) is 31.1. The first-order valence-corrected chi connectivity index (χ1v) is 15.5. The fraction of sp³-hybridized carbons (Fsp3) is 0.727. The molecule has 0 spiro atoms. The average Bonchev–Trinajstić information content (AvgIpc) is 2.90. The van der Waals surface area contributed by atoms with E-state index in [4.69, 9.17) is 0 Å². The average molecular weight is 547 g/mol. The predicted molar refractivity (Wildman–Crippen MR) is 158 cm³/mol. The van der Waals surface area contributed by atoms with Crippen LogP contribution in [0.5, 0.6) is 0 Å². The van der Waals surface area contributed by atoms with Crippen LogP contribution in [0.25, 0.3) is 0 Å². The maximum absolute atomic E-state index is 12.8. The lowest BCUT2D eigenvalue weighted by molar-refractivity contribution is 0.0631. The lowest BCUT2D eigenvalue weighted by Gasteiger charge is -2.28. The van der Waals surface area contributed by atoms with E-state index in [1.165, 1.54) is 0 Å². The number of rotatable bonds is 21. The second-order valence-corrected chi connectivity index (χ2v) is 11.3. The molecule has 0 saturated carbocycles. The topological polar surface area (TPSA) is 112 Å². The maximum Gasteiger partial charge on any atom is 0.337 e. The fourth-order valence-electron chi connectivity index (χ4n) is 5.99. The highest BCUT2D eigenvalue weighted by Gasteiger charge is 2.35. The third kappa shape index (κ3) is 9.95. The Labute approximate surface area is 236 Å². The van der Waals surface area contributed by atoms with Gasteiger partial charge in [-0.2, -0.15) is 0 Å². The Morgan fingerprint density at radius 2 is 0.769 bits per heavy atom. The molecule has 0 aliphatic rings. The molecule has 0 radical (unpaired) electrons. The smallest absolute Gasteiger partial charge is 0.337 e. The highest BCUT2D eigenvalue weighted by atomic mass is 16.4. The van der Waals surface area contributed by atoms with Gasteiger partial charge in [0.25, 0.3) is 0 Å². The minimum absolute atomic E-state index is 0.213. The standard InChI is InChI=1S/C33H54O6/c1-7-13-16-22(10-4)19-25-26(20-23(11-5)17-14-8-2)28(31(34)35)30(33(38)39)29(32(36)37)27(25)21-24(12-6)18-15-9-3/h22-24H,7-21H2,1-6H3,(H,34,35)(H,36,37)(H,38,39). The Balaban J connectivity index is 4.15. The molecule has 6 heteroatoms.